The first-order valence-corrected chi connectivity index (χ1v) is 6.89. The number of hydrogen-bond donors (Lipinski definition) is 0. The molecule has 1 aliphatic carbocycles. The van der Waals surface area contributed by atoms with Gasteiger partial charge in [-0.2, -0.15) is 0 Å². The average molecular weight is 285 g/mol. The highest BCUT2D eigenvalue weighted by Crippen LogP contribution is 2.38. The van der Waals surface area contributed by atoms with E-state index in [-0.39, 0.29) is 0 Å². The lowest BCUT2D eigenvalue weighted by atomic mass is 10.0. The molecule has 0 aromatic carbocycles. The average Bonchev–Trinajstić information content (AvgIpc) is 2.46. The van der Waals surface area contributed by atoms with Gasteiger partial charge in [0.15, 0.2) is 4.21 Å². The smallest absolute Gasteiger partial charge is 0.255 e. The molecule has 1 atom stereocenters. The molecule has 15 heavy (non-hydrogen) atoms. The molecule has 0 fully saturated rings. The van der Waals surface area contributed by atoms with Crippen LogP contribution >= 0.6 is 33.9 Å². The fourth-order valence-corrected chi connectivity index (χ4v) is 2.40. The molecule has 0 aromatic heterocycles. The zero-order chi connectivity index (χ0) is 11.3. The zero-order valence-electron chi connectivity index (χ0n) is 7.12. The second-order valence-corrected chi connectivity index (χ2v) is 7.05. The van der Waals surface area contributed by atoms with Gasteiger partial charge in [-0.15, -0.1) is 0 Å². The minimum Gasteiger partial charge on any atom is -0.255 e. The monoisotopic (exact) mass is 283 g/mol. The van der Waals surface area contributed by atoms with Crippen molar-refractivity contribution < 1.29 is 8.42 Å². The van der Waals surface area contributed by atoms with Gasteiger partial charge in [0.1, 0.15) is 0 Å². The molecule has 2 rings (SSSR count). The van der Waals surface area contributed by atoms with E-state index in [1.807, 2.05) is 0 Å². The van der Waals surface area contributed by atoms with Crippen molar-refractivity contribution in [3.05, 3.63) is 35.0 Å². The van der Waals surface area contributed by atoms with Crippen LogP contribution in [0.15, 0.2) is 40.0 Å². The van der Waals surface area contributed by atoms with Gasteiger partial charge in [0.05, 0.1) is 10.7 Å². The lowest BCUT2D eigenvalue weighted by molar-refractivity contribution is 0.604. The van der Waals surface area contributed by atoms with Gasteiger partial charge >= 0.3 is 0 Å². The predicted octanol–water partition coefficient (Wildman–Crippen LogP) is 2.52. The van der Waals surface area contributed by atoms with E-state index in [1.54, 1.807) is 0 Å². The van der Waals surface area contributed by atoms with Crippen molar-refractivity contribution in [3.8, 4) is 0 Å². The molecule has 1 heterocycles. The molecule has 0 N–H and O–H groups in total. The maximum atomic E-state index is 11.2. The summed E-state index contributed by atoms with van der Waals surface area (Å²) in [7, 11) is 1.28. The van der Waals surface area contributed by atoms with Crippen molar-refractivity contribution in [1.29, 1.82) is 0 Å². The maximum absolute atomic E-state index is 11.2. The number of hydrogen-bond acceptors (Lipinski definition) is 3. The molecule has 2 aliphatic rings. The molecule has 0 spiro atoms. The topological polar surface area (TPSA) is 46.5 Å². The van der Waals surface area contributed by atoms with E-state index in [2.05, 4.69) is 4.99 Å². The van der Waals surface area contributed by atoms with Crippen LogP contribution in [0.4, 0.5) is 0 Å². The van der Waals surface area contributed by atoms with E-state index in [9.17, 15) is 8.42 Å². The molecule has 0 radical (unpaired) electrons. The van der Waals surface area contributed by atoms with Gasteiger partial charge in [0, 0.05) is 22.5 Å². The Bertz CT molecular complexity index is 544. The number of rotatable bonds is 1. The van der Waals surface area contributed by atoms with Crippen molar-refractivity contribution in [1.82, 2.24) is 0 Å². The molecule has 3 nitrogen and oxygen atoms in total. The number of alkyl halides is 1. The Morgan fingerprint density at radius 2 is 2.07 bits per heavy atom. The summed E-state index contributed by atoms with van der Waals surface area (Å²) in [4.78, 5) is 3.96. The largest absolute Gasteiger partial charge is 0.259 e. The van der Waals surface area contributed by atoms with Gasteiger partial charge in [0.25, 0.3) is 9.05 Å². The normalized spacial score (nSPS) is 29.4. The standard InChI is InChI=1S/C8H4Cl3NO2S/c9-6-4-12-7-1-2-8(10,3-5(6)7)15(11,13)14/h1-4H. The van der Waals surface area contributed by atoms with Crippen molar-refractivity contribution in [2.45, 2.75) is 4.21 Å². The van der Waals surface area contributed by atoms with Crippen LogP contribution in [0.5, 0.6) is 0 Å². The Kier molecular flexibility index (Phi) is 2.50. The summed E-state index contributed by atoms with van der Waals surface area (Å²) in [6.07, 6.45) is 5.45. The van der Waals surface area contributed by atoms with E-state index in [0.717, 1.165) is 0 Å². The first kappa shape index (κ1) is 11.2. The molecule has 0 saturated heterocycles. The van der Waals surface area contributed by atoms with Crippen LogP contribution in [-0.2, 0) is 9.05 Å². The Labute approximate surface area is 101 Å². The second-order valence-electron chi connectivity index (χ2n) is 3.02. The molecule has 1 aliphatic heterocycles. The molecular weight excluding hydrogens is 281 g/mol. The Hall–Kier alpha value is -0.290. The highest BCUT2D eigenvalue weighted by Gasteiger charge is 2.40. The molecule has 0 amide bonds. The molecular formula is C8H4Cl3NO2S. The third-order valence-electron chi connectivity index (χ3n) is 2.03. The van der Waals surface area contributed by atoms with Crippen LogP contribution < -0.4 is 0 Å². The summed E-state index contributed by atoms with van der Waals surface area (Å²) in [6, 6.07) is 0. The second kappa shape index (κ2) is 3.35. The Morgan fingerprint density at radius 1 is 1.40 bits per heavy atom. The Balaban J connectivity index is 2.56. The van der Waals surface area contributed by atoms with Gasteiger partial charge in [0.2, 0.25) is 0 Å². The summed E-state index contributed by atoms with van der Waals surface area (Å²) in [5, 5.41) is 0.347. The van der Waals surface area contributed by atoms with E-state index in [0.29, 0.717) is 16.3 Å². The van der Waals surface area contributed by atoms with Crippen molar-refractivity contribution in [3.63, 3.8) is 0 Å². The third kappa shape index (κ3) is 1.76. The van der Waals surface area contributed by atoms with Crippen LogP contribution in [0.3, 0.4) is 0 Å². The number of halogens is 3. The van der Waals surface area contributed by atoms with Crippen LogP contribution in [0.1, 0.15) is 0 Å². The van der Waals surface area contributed by atoms with Gasteiger partial charge in [-0.05, 0) is 18.2 Å². The lowest BCUT2D eigenvalue weighted by Gasteiger charge is -2.20. The number of aliphatic imine (C=N–C) groups is 1. The van der Waals surface area contributed by atoms with Gasteiger partial charge in [-0.1, -0.05) is 23.2 Å². The molecule has 0 bridgehead atoms. The highest BCUT2D eigenvalue weighted by atomic mass is 35.7. The zero-order valence-corrected chi connectivity index (χ0v) is 10.2. The van der Waals surface area contributed by atoms with E-state index in [4.69, 9.17) is 33.9 Å². The molecule has 80 valence electrons. The Morgan fingerprint density at radius 3 is 2.67 bits per heavy atom. The number of allylic oxidation sites excluding steroid dienone is 3. The van der Waals surface area contributed by atoms with Crippen molar-refractivity contribution in [2.75, 3.05) is 0 Å². The molecule has 7 heteroatoms. The first-order valence-electron chi connectivity index (χ1n) is 3.83. The van der Waals surface area contributed by atoms with E-state index < -0.39 is 13.3 Å². The molecule has 0 saturated carbocycles. The SMILES string of the molecule is O=S(=O)(Cl)C1(Cl)C=CC2=NC=C(Cl)C2=C1. The minimum absolute atomic E-state index is 0.347. The van der Waals surface area contributed by atoms with Crippen molar-refractivity contribution >= 4 is 48.6 Å². The summed E-state index contributed by atoms with van der Waals surface area (Å²) in [6.45, 7) is 0. The van der Waals surface area contributed by atoms with Crippen LogP contribution in [-0.4, -0.2) is 18.3 Å². The van der Waals surface area contributed by atoms with E-state index >= 15 is 0 Å². The van der Waals surface area contributed by atoms with Gasteiger partial charge in [-0.3, -0.25) is 4.99 Å². The van der Waals surface area contributed by atoms with Crippen LogP contribution in [0.2, 0.25) is 0 Å². The van der Waals surface area contributed by atoms with Gasteiger partial charge < -0.3 is 0 Å². The molecule has 1 unspecified atom stereocenters. The fourth-order valence-electron chi connectivity index (χ4n) is 1.25. The van der Waals surface area contributed by atoms with Crippen LogP contribution in [0, 0.1) is 0 Å². The van der Waals surface area contributed by atoms with Crippen LogP contribution in [0.25, 0.3) is 0 Å². The predicted molar refractivity (Wildman–Crippen MR) is 62.0 cm³/mol. The molecule has 0 aromatic rings. The number of fused-ring (bicyclic) bond motifs is 1. The summed E-state index contributed by atoms with van der Waals surface area (Å²) in [5.41, 5.74) is 1.06. The quantitative estimate of drug-likeness (QED) is 0.549. The minimum atomic E-state index is -3.95. The third-order valence-corrected chi connectivity index (χ3v) is 5.18. The van der Waals surface area contributed by atoms with Gasteiger partial charge in [-0.25, -0.2) is 8.42 Å². The number of nitrogens with zero attached hydrogens (tertiary/aromatic N) is 1. The van der Waals surface area contributed by atoms with E-state index in [1.165, 1.54) is 24.4 Å². The fraction of sp³-hybridized carbons (Fsp3) is 0.125. The maximum Gasteiger partial charge on any atom is 0.259 e. The first-order chi connectivity index (χ1) is 6.83. The summed E-state index contributed by atoms with van der Waals surface area (Å²) < 4.78 is 20.7. The lowest BCUT2D eigenvalue weighted by Crippen LogP contribution is -2.27. The van der Waals surface area contributed by atoms with Crippen molar-refractivity contribution in [2.24, 2.45) is 4.99 Å². The summed E-state index contributed by atoms with van der Waals surface area (Å²) in [5.74, 6) is 0. The highest BCUT2D eigenvalue weighted by molar-refractivity contribution is 8.16. The summed E-state index contributed by atoms with van der Waals surface area (Å²) >= 11 is 11.7.